The molecule has 2 rings (SSSR count). The van der Waals surface area contributed by atoms with Crippen molar-refractivity contribution >= 4 is 11.6 Å². The lowest BCUT2D eigenvalue weighted by atomic mass is 10.0. The van der Waals surface area contributed by atoms with E-state index in [1.165, 1.54) is 0 Å². The number of benzene rings is 2. The summed E-state index contributed by atoms with van der Waals surface area (Å²) in [7, 11) is 5.71. The van der Waals surface area contributed by atoms with Crippen LogP contribution in [-0.4, -0.2) is 26.1 Å². The lowest BCUT2D eigenvalue weighted by Gasteiger charge is -2.17. The van der Waals surface area contributed by atoms with Crippen LogP contribution in [0.4, 0.5) is 0 Å². The van der Waals surface area contributed by atoms with E-state index in [0.29, 0.717) is 0 Å². The first kappa shape index (κ1) is 13.9. The summed E-state index contributed by atoms with van der Waals surface area (Å²) in [5.74, 6) is 0.832. The average molecular weight is 276 g/mol. The quantitative estimate of drug-likeness (QED) is 0.834. The minimum Gasteiger partial charge on any atom is -0.496 e. The number of halogens is 1. The van der Waals surface area contributed by atoms with Crippen molar-refractivity contribution in [3.05, 3.63) is 53.1 Å². The van der Waals surface area contributed by atoms with Crippen LogP contribution in [0.15, 0.2) is 42.5 Å². The second-order valence-electron chi connectivity index (χ2n) is 4.71. The van der Waals surface area contributed by atoms with Crippen molar-refractivity contribution in [2.45, 2.75) is 6.54 Å². The summed E-state index contributed by atoms with van der Waals surface area (Å²) in [5.41, 5.74) is 3.19. The molecule has 0 saturated heterocycles. The molecule has 2 nitrogen and oxygen atoms in total. The van der Waals surface area contributed by atoms with Gasteiger partial charge in [-0.15, -0.1) is 0 Å². The summed E-state index contributed by atoms with van der Waals surface area (Å²) in [6.45, 7) is 0.753. The van der Waals surface area contributed by atoms with Crippen LogP contribution in [0, 0.1) is 0 Å². The first-order valence-corrected chi connectivity index (χ1v) is 6.56. The second-order valence-corrected chi connectivity index (χ2v) is 5.09. The molecule has 0 aliphatic rings. The fraction of sp³-hybridized carbons (Fsp3) is 0.250. The van der Waals surface area contributed by atoms with Crippen LogP contribution >= 0.6 is 11.6 Å². The fourth-order valence-electron chi connectivity index (χ4n) is 2.10. The molecule has 0 aromatic heterocycles. The van der Waals surface area contributed by atoms with E-state index in [-0.39, 0.29) is 0 Å². The maximum atomic E-state index is 6.56. The van der Waals surface area contributed by atoms with E-state index in [2.05, 4.69) is 17.0 Å². The second kappa shape index (κ2) is 6.09. The van der Waals surface area contributed by atoms with E-state index in [1.807, 2.05) is 44.4 Å². The van der Waals surface area contributed by atoms with Crippen LogP contribution in [0.1, 0.15) is 5.56 Å². The van der Waals surface area contributed by atoms with Crippen molar-refractivity contribution < 1.29 is 4.74 Å². The van der Waals surface area contributed by atoms with Gasteiger partial charge in [0.1, 0.15) is 5.75 Å². The molecule has 0 atom stereocenters. The van der Waals surface area contributed by atoms with Gasteiger partial charge in [-0.3, -0.25) is 0 Å². The third-order valence-corrected chi connectivity index (χ3v) is 3.41. The number of ether oxygens (including phenoxy) is 1. The van der Waals surface area contributed by atoms with Gasteiger partial charge in [-0.25, -0.2) is 0 Å². The zero-order chi connectivity index (χ0) is 13.8. The Morgan fingerprint density at radius 1 is 1.05 bits per heavy atom. The molecule has 3 heteroatoms. The normalized spacial score (nSPS) is 10.8. The van der Waals surface area contributed by atoms with Crippen molar-refractivity contribution in [3.8, 4) is 16.9 Å². The zero-order valence-corrected chi connectivity index (χ0v) is 12.2. The fourth-order valence-corrected chi connectivity index (χ4v) is 2.42. The Labute approximate surface area is 119 Å². The standard InChI is InChI=1S/C16H18ClNO/c1-18(2)11-14-15(19-3)10-9-13(16(14)17)12-7-5-4-6-8-12/h4-10H,11H2,1-3H3. The average Bonchev–Trinajstić information content (AvgIpc) is 2.41. The minimum atomic E-state index is 0.753. The number of nitrogens with zero attached hydrogens (tertiary/aromatic N) is 1. The summed E-state index contributed by atoms with van der Waals surface area (Å²) < 4.78 is 5.41. The minimum absolute atomic E-state index is 0.753. The molecule has 0 amide bonds. The Balaban J connectivity index is 2.53. The Bertz CT molecular complexity index is 552. The molecule has 2 aromatic carbocycles. The van der Waals surface area contributed by atoms with E-state index in [4.69, 9.17) is 16.3 Å². The van der Waals surface area contributed by atoms with Gasteiger partial charge < -0.3 is 9.64 Å². The molecule has 0 radical (unpaired) electrons. The van der Waals surface area contributed by atoms with E-state index in [0.717, 1.165) is 34.0 Å². The van der Waals surface area contributed by atoms with Crippen molar-refractivity contribution in [1.82, 2.24) is 4.90 Å². The first-order valence-electron chi connectivity index (χ1n) is 6.19. The Kier molecular flexibility index (Phi) is 4.46. The molecule has 0 fully saturated rings. The number of hydrogen-bond donors (Lipinski definition) is 0. The summed E-state index contributed by atoms with van der Waals surface area (Å²) in [5, 5.41) is 0.763. The lowest BCUT2D eigenvalue weighted by Crippen LogP contribution is -2.12. The van der Waals surface area contributed by atoms with Crippen molar-refractivity contribution in [3.63, 3.8) is 0 Å². The van der Waals surface area contributed by atoms with Gasteiger partial charge in [-0.05, 0) is 31.8 Å². The predicted molar refractivity (Wildman–Crippen MR) is 80.8 cm³/mol. The smallest absolute Gasteiger partial charge is 0.124 e. The molecule has 0 saturated carbocycles. The van der Waals surface area contributed by atoms with E-state index < -0.39 is 0 Å². The SMILES string of the molecule is COc1ccc(-c2ccccc2)c(Cl)c1CN(C)C. The monoisotopic (exact) mass is 275 g/mol. The zero-order valence-electron chi connectivity index (χ0n) is 11.5. The summed E-state index contributed by atoms with van der Waals surface area (Å²) >= 11 is 6.56. The highest BCUT2D eigenvalue weighted by Gasteiger charge is 2.14. The van der Waals surface area contributed by atoms with E-state index >= 15 is 0 Å². The number of methoxy groups -OCH3 is 1. The molecule has 19 heavy (non-hydrogen) atoms. The van der Waals surface area contributed by atoms with Crippen LogP contribution < -0.4 is 4.74 Å². The van der Waals surface area contributed by atoms with Gasteiger partial charge in [0.2, 0.25) is 0 Å². The van der Waals surface area contributed by atoms with Gasteiger partial charge in [-0.1, -0.05) is 41.9 Å². The Morgan fingerprint density at radius 3 is 2.32 bits per heavy atom. The Morgan fingerprint density at radius 2 is 1.74 bits per heavy atom. The van der Waals surface area contributed by atoms with Crippen molar-refractivity contribution in [2.24, 2.45) is 0 Å². The van der Waals surface area contributed by atoms with Gasteiger partial charge in [0.05, 0.1) is 12.1 Å². The summed E-state index contributed by atoms with van der Waals surface area (Å²) in [4.78, 5) is 2.08. The summed E-state index contributed by atoms with van der Waals surface area (Å²) in [6, 6.07) is 14.1. The number of hydrogen-bond acceptors (Lipinski definition) is 2. The van der Waals surface area contributed by atoms with Crippen LogP contribution in [0.2, 0.25) is 5.02 Å². The molecule has 0 N–H and O–H groups in total. The summed E-state index contributed by atoms with van der Waals surface area (Å²) in [6.07, 6.45) is 0. The van der Waals surface area contributed by atoms with Gasteiger partial charge >= 0.3 is 0 Å². The van der Waals surface area contributed by atoms with Crippen molar-refractivity contribution in [2.75, 3.05) is 21.2 Å². The highest BCUT2D eigenvalue weighted by molar-refractivity contribution is 6.34. The van der Waals surface area contributed by atoms with Crippen LogP contribution in [-0.2, 0) is 6.54 Å². The van der Waals surface area contributed by atoms with Gasteiger partial charge in [-0.2, -0.15) is 0 Å². The molecule has 0 heterocycles. The lowest BCUT2D eigenvalue weighted by molar-refractivity contribution is 0.372. The Hall–Kier alpha value is -1.51. The highest BCUT2D eigenvalue weighted by Crippen LogP contribution is 2.36. The van der Waals surface area contributed by atoms with Crippen LogP contribution in [0.25, 0.3) is 11.1 Å². The molecule has 0 spiro atoms. The highest BCUT2D eigenvalue weighted by atomic mass is 35.5. The third kappa shape index (κ3) is 3.09. The largest absolute Gasteiger partial charge is 0.496 e. The molecule has 2 aromatic rings. The molecule has 0 unspecified atom stereocenters. The maximum absolute atomic E-state index is 6.56. The molecule has 100 valence electrons. The number of rotatable bonds is 4. The first-order chi connectivity index (χ1) is 9.13. The topological polar surface area (TPSA) is 12.5 Å². The molecular formula is C16H18ClNO. The predicted octanol–water partition coefficient (Wildman–Crippen LogP) is 4.08. The molecule has 0 aliphatic carbocycles. The van der Waals surface area contributed by atoms with E-state index in [9.17, 15) is 0 Å². The van der Waals surface area contributed by atoms with Gasteiger partial charge in [0.25, 0.3) is 0 Å². The van der Waals surface area contributed by atoms with Gasteiger partial charge in [0.15, 0.2) is 0 Å². The van der Waals surface area contributed by atoms with Gasteiger partial charge in [0, 0.05) is 17.7 Å². The van der Waals surface area contributed by atoms with Crippen LogP contribution in [0.3, 0.4) is 0 Å². The third-order valence-electron chi connectivity index (χ3n) is 2.98. The van der Waals surface area contributed by atoms with Crippen LogP contribution in [0.5, 0.6) is 5.75 Å². The van der Waals surface area contributed by atoms with Crippen molar-refractivity contribution in [1.29, 1.82) is 0 Å². The molecule has 0 bridgehead atoms. The van der Waals surface area contributed by atoms with E-state index in [1.54, 1.807) is 7.11 Å². The maximum Gasteiger partial charge on any atom is 0.124 e. The molecule has 0 aliphatic heterocycles. The molecular weight excluding hydrogens is 258 g/mol.